The van der Waals surface area contributed by atoms with Crippen LogP contribution in [0.25, 0.3) is 0 Å². The molecular weight excluding hydrogens is 262 g/mol. The number of ether oxygens (including phenoxy) is 1. The largest absolute Gasteiger partial charge is 0.387 e. The van der Waals surface area contributed by atoms with E-state index < -0.39 is 0 Å². The number of rotatable bonds is 2. The van der Waals surface area contributed by atoms with Crippen molar-refractivity contribution in [1.29, 1.82) is 0 Å². The summed E-state index contributed by atoms with van der Waals surface area (Å²) in [6.07, 6.45) is -0.0824. The molecule has 2 aromatic rings. The maximum Gasteiger partial charge on any atom is 0.163 e. The van der Waals surface area contributed by atoms with Crippen LogP contribution in [0.5, 0.6) is 0 Å². The highest BCUT2D eigenvalue weighted by Crippen LogP contribution is 2.43. The Morgan fingerprint density at radius 1 is 0.952 bits per heavy atom. The number of aryl methyl sites for hydroxylation is 1. The topological polar surface area (TPSA) is 30.8 Å². The summed E-state index contributed by atoms with van der Waals surface area (Å²) in [7, 11) is 0. The maximum atomic E-state index is 5.99. The van der Waals surface area contributed by atoms with Crippen LogP contribution in [0.4, 0.5) is 0 Å². The Hall–Kier alpha value is -2.13. The molecule has 1 fully saturated rings. The van der Waals surface area contributed by atoms with Gasteiger partial charge in [0.2, 0.25) is 0 Å². The first-order valence-corrected chi connectivity index (χ1v) is 7.29. The van der Waals surface area contributed by atoms with Crippen LogP contribution in [-0.4, -0.2) is 12.3 Å². The van der Waals surface area contributed by atoms with Gasteiger partial charge in [0, 0.05) is 0 Å². The van der Waals surface area contributed by atoms with E-state index in [9.17, 15) is 0 Å². The molecule has 0 N–H and O–H groups in total. The van der Waals surface area contributed by atoms with E-state index in [1.54, 1.807) is 0 Å². The van der Waals surface area contributed by atoms with Crippen LogP contribution in [0, 0.1) is 12.8 Å². The fourth-order valence-electron chi connectivity index (χ4n) is 3.06. The number of hydrogen-bond acceptors (Lipinski definition) is 3. The van der Waals surface area contributed by atoms with Gasteiger partial charge >= 0.3 is 0 Å². The lowest BCUT2D eigenvalue weighted by Gasteiger charge is -2.13. The summed E-state index contributed by atoms with van der Waals surface area (Å²) in [4.78, 5) is 5.69. The number of nitrogens with zero attached hydrogens (tertiary/aromatic N) is 1. The Morgan fingerprint density at radius 3 is 2.48 bits per heavy atom. The Morgan fingerprint density at radius 2 is 1.71 bits per heavy atom. The molecule has 106 valence electrons. The molecule has 0 unspecified atom stereocenters. The smallest absolute Gasteiger partial charge is 0.163 e. The lowest BCUT2D eigenvalue weighted by atomic mass is 9.90. The molecule has 4 rings (SSSR count). The van der Waals surface area contributed by atoms with E-state index >= 15 is 0 Å². The van der Waals surface area contributed by atoms with Crippen molar-refractivity contribution in [3.63, 3.8) is 0 Å². The fraction of sp³-hybridized carbons (Fsp3) is 0.278. The molecule has 0 aliphatic carbocycles. The summed E-state index contributed by atoms with van der Waals surface area (Å²) in [6.45, 7) is 2.75. The molecule has 2 aliphatic rings. The zero-order chi connectivity index (χ0) is 14.2. The second-order valence-electron chi connectivity index (χ2n) is 5.68. The minimum atomic E-state index is -0.0655. The van der Waals surface area contributed by atoms with Crippen LogP contribution in [0.1, 0.15) is 28.9 Å². The highest BCUT2D eigenvalue weighted by atomic mass is 16.7. The summed E-state index contributed by atoms with van der Waals surface area (Å²) in [5, 5.41) is 4.33. The molecule has 3 heteroatoms. The second-order valence-corrected chi connectivity index (χ2v) is 5.68. The van der Waals surface area contributed by atoms with Crippen LogP contribution in [-0.2, 0) is 9.57 Å². The number of hydrogen-bond donors (Lipinski definition) is 0. The van der Waals surface area contributed by atoms with E-state index in [1.165, 1.54) is 5.56 Å². The van der Waals surface area contributed by atoms with Gasteiger partial charge in [0.25, 0.3) is 0 Å². The average Bonchev–Trinajstić information content (AvgIpc) is 3.11. The van der Waals surface area contributed by atoms with Crippen molar-refractivity contribution in [3.05, 3.63) is 71.3 Å². The van der Waals surface area contributed by atoms with Gasteiger partial charge < -0.3 is 9.57 Å². The van der Waals surface area contributed by atoms with E-state index in [0.29, 0.717) is 6.61 Å². The first kappa shape index (κ1) is 12.6. The summed E-state index contributed by atoms with van der Waals surface area (Å²) in [6, 6.07) is 18.7. The first-order valence-electron chi connectivity index (χ1n) is 7.29. The van der Waals surface area contributed by atoms with Gasteiger partial charge in [-0.05, 0) is 18.1 Å². The molecule has 0 bridgehead atoms. The maximum absolute atomic E-state index is 5.99. The van der Waals surface area contributed by atoms with Gasteiger partial charge in [-0.1, -0.05) is 65.3 Å². The predicted octanol–water partition coefficient (Wildman–Crippen LogP) is 3.81. The lowest BCUT2D eigenvalue weighted by Crippen LogP contribution is -2.16. The van der Waals surface area contributed by atoms with Gasteiger partial charge in [-0.25, -0.2) is 0 Å². The van der Waals surface area contributed by atoms with Crippen molar-refractivity contribution >= 4 is 5.71 Å². The normalized spacial score (nSPS) is 27.1. The van der Waals surface area contributed by atoms with Gasteiger partial charge in [0.05, 0.1) is 12.5 Å². The highest BCUT2D eigenvalue weighted by Gasteiger charge is 2.45. The molecule has 0 aromatic heterocycles. The SMILES string of the molecule is Cc1ccc([C@@H]2OC[C@@H]3C2=NO[C@@H]3c2ccccc2)cc1. The van der Waals surface area contributed by atoms with E-state index in [-0.39, 0.29) is 18.1 Å². The van der Waals surface area contributed by atoms with Crippen LogP contribution in [0.3, 0.4) is 0 Å². The standard InChI is InChI=1S/C18H17NO2/c1-12-7-9-14(10-8-12)18-16-15(11-20-18)17(21-19-16)13-5-3-2-4-6-13/h2-10,15,17-18H,11H2,1H3/t15-,17-,18+/m1/s1. The minimum Gasteiger partial charge on any atom is -0.387 e. The zero-order valence-electron chi connectivity index (χ0n) is 11.9. The molecule has 3 atom stereocenters. The van der Waals surface area contributed by atoms with E-state index in [0.717, 1.165) is 16.8 Å². The van der Waals surface area contributed by atoms with Gasteiger partial charge in [-0.15, -0.1) is 0 Å². The van der Waals surface area contributed by atoms with Crippen molar-refractivity contribution in [2.24, 2.45) is 11.1 Å². The van der Waals surface area contributed by atoms with Crippen molar-refractivity contribution in [1.82, 2.24) is 0 Å². The number of fused-ring (bicyclic) bond motifs is 1. The van der Waals surface area contributed by atoms with Gasteiger partial charge in [0.15, 0.2) is 6.10 Å². The Labute approximate surface area is 124 Å². The van der Waals surface area contributed by atoms with E-state index in [4.69, 9.17) is 9.57 Å². The Kier molecular flexibility index (Phi) is 3.00. The van der Waals surface area contributed by atoms with Gasteiger partial charge in [0.1, 0.15) is 11.8 Å². The third-order valence-corrected chi connectivity index (χ3v) is 4.24. The second kappa shape index (κ2) is 5.01. The molecule has 2 aliphatic heterocycles. The van der Waals surface area contributed by atoms with Crippen LogP contribution < -0.4 is 0 Å². The summed E-state index contributed by atoms with van der Waals surface area (Å²) in [5.74, 6) is 0.221. The zero-order valence-corrected chi connectivity index (χ0v) is 11.9. The van der Waals surface area contributed by atoms with Gasteiger partial charge in [-0.3, -0.25) is 0 Å². The molecule has 0 amide bonds. The minimum absolute atomic E-state index is 0.0170. The summed E-state index contributed by atoms with van der Waals surface area (Å²) in [5.41, 5.74) is 4.58. The summed E-state index contributed by atoms with van der Waals surface area (Å²) < 4.78 is 5.99. The van der Waals surface area contributed by atoms with Crippen molar-refractivity contribution < 1.29 is 9.57 Å². The van der Waals surface area contributed by atoms with Crippen LogP contribution in [0.2, 0.25) is 0 Å². The number of oxime groups is 1. The molecule has 0 radical (unpaired) electrons. The van der Waals surface area contributed by atoms with Crippen molar-refractivity contribution in [2.75, 3.05) is 6.61 Å². The molecule has 2 aromatic carbocycles. The molecule has 1 saturated heterocycles. The third-order valence-electron chi connectivity index (χ3n) is 4.24. The summed E-state index contributed by atoms with van der Waals surface area (Å²) >= 11 is 0. The van der Waals surface area contributed by atoms with Crippen LogP contribution in [0.15, 0.2) is 59.8 Å². The van der Waals surface area contributed by atoms with Crippen molar-refractivity contribution in [2.45, 2.75) is 19.1 Å². The molecule has 0 spiro atoms. The predicted molar refractivity (Wildman–Crippen MR) is 81.1 cm³/mol. The molecule has 2 heterocycles. The molecule has 0 saturated carbocycles. The lowest BCUT2D eigenvalue weighted by molar-refractivity contribution is 0.0242. The average molecular weight is 279 g/mol. The van der Waals surface area contributed by atoms with E-state index in [1.807, 2.05) is 18.2 Å². The number of benzene rings is 2. The third kappa shape index (κ3) is 2.14. The molecule has 3 nitrogen and oxygen atoms in total. The molecule has 21 heavy (non-hydrogen) atoms. The van der Waals surface area contributed by atoms with E-state index in [2.05, 4.69) is 48.5 Å². The van der Waals surface area contributed by atoms with Crippen molar-refractivity contribution in [3.8, 4) is 0 Å². The quantitative estimate of drug-likeness (QED) is 0.837. The van der Waals surface area contributed by atoms with Crippen LogP contribution >= 0.6 is 0 Å². The van der Waals surface area contributed by atoms with Gasteiger partial charge in [-0.2, -0.15) is 0 Å². The Balaban J connectivity index is 1.60. The fourth-order valence-corrected chi connectivity index (χ4v) is 3.06. The first-order chi connectivity index (χ1) is 10.3. The molecular formula is C18H17NO2. The Bertz CT molecular complexity index is 663. The highest BCUT2D eigenvalue weighted by molar-refractivity contribution is 5.94. The monoisotopic (exact) mass is 279 g/mol.